The van der Waals surface area contributed by atoms with Crippen LogP contribution < -0.4 is 0 Å². The number of phosphoric acid groups is 2. The largest absolute Gasteiger partial charge is 0.472 e. The second-order valence-electron chi connectivity index (χ2n) is 31.5. The van der Waals surface area contributed by atoms with Crippen LogP contribution in [0.25, 0.3) is 0 Å². The second-order valence-corrected chi connectivity index (χ2v) is 34.4. The molecule has 0 aromatic heterocycles. The van der Waals surface area contributed by atoms with Crippen molar-refractivity contribution in [1.29, 1.82) is 0 Å². The molecule has 0 amide bonds. The van der Waals surface area contributed by atoms with Gasteiger partial charge in [-0.25, -0.2) is 9.13 Å². The highest BCUT2D eigenvalue weighted by molar-refractivity contribution is 7.47. The van der Waals surface area contributed by atoms with Gasteiger partial charge in [-0.15, -0.1) is 0 Å². The Morgan fingerprint density at radius 3 is 0.696 bits per heavy atom. The molecule has 0 saturated heterocycles. The maximum Gasteiger partial charge on any atom is 0.472 e. The van der Waals surface area contributed by atoms with Gasteiger partial charge in [-0.1, -0.05) is 376 Å². The topological polar surface area (TPSA) is 237 Å². The maximum absolute atomic E-state index is 13.1. The minimum Gasteiger partial charge on any atom is -0.462 e. The van der Waals surface area contributed by atoms with Crippen molar-refractivity contribution in [1.82, 2.24) is 0 Å². The summed E-state index contributed by atoms with van der Waals surface area (Å²) >= 11 is 0. The summed E-state index contributed by atoms with van der Waals surface area (Å²) in [4.78, 5) is 73.1. The van der Waals surface area contributed by atoms with E-state index < -0.39 is 97.5 Å². The minimum absolute atomic E-state index is 0.106. The smallest absolute Gasteiger partial charge is 0.462 e. The van der Waals surface area contributed by atoms with Crippen molar-refractivity contribution >= 4 is 39.5 Å². The first kappa shape index (κ1) is 100. The molecule has 3 N–H and O–H groups in total. The Bertz CT molecular complexity index is 1990. The lowest BCUT2D eigenvalue weighted by molar-refractivity contribution is -0.161. The third-order valence-electron chi connectivity index (χ3n) is 19.7. The standard InChI is InChI=1S/C83H162O17P2/c1-9-76(8)62-54-46-38-30-24-18-14-12-10-11-13-15-19-25-32-40-49-57-65-82(87)99-78(69-93-80(85)63-55-47-39-31-27-21-23-29-36-44-52-60-74(4)5)71-97-101(89,90)95-67-77(84)68-96-102(91,92)98-72-79(70-94-81(86)64-56-48-42-34-37-45-53-61-75(6)7)100-83(88)66-58-50-41-33-26-20-16-17-22-28-35-43-51-59-73(2)3/h73-79,84H,9-72H2,1-8H3,(H,89,90)(H,91,92)/t76?,77?,78-,79-/m1/s1. The van der Waals surface area contributed by atoms with E-state index in [-0.39, 0.29) is 25.7 Å². The van der Waals surface area contributed by atoms with Gasteiger partial charge in [0.05, 0.1) is 26.4 Å². The number of hydrogen-bond donors (Lipinski definition) is 3. The molecule has 0 rings (SSSR count). The van der Waals surface area contributed by atoms with Crippen LogP contribution in [-0.2, 0) is 65.4 Å². The van der Waals surface area contributed by atoms with E-state index in [1.165, 1.54) is 225 Å². The van der Waals surface area contributed by atoms with Gasteiger partial charge in [0.15, 0.2) is 12.2 Å². The fourth-order valence-electron chi connectivity index (χ4n) is 12.8. The average molecular weight is 1490 g/mol. The number of aliphatic hydroxyl groups excluding tert-OH is 1. The van der Waals surface area contributed by atoms with Crippen LogP contribution in [0.5, 0.6) is 0 Å². The third-order valence-corrected chi connectivity index (χ3v) is 21.6. The number of phosphoric ester groups is 2. The molecule has 0 spiro atoms. The summed E-state index contributed by atoms with van der Waals surface area (Å²) in [6.45, 7) is 14.3. The number of esters is 4. The Labute approximate surface area is 626 Å². The predicted octanol–water partition coefficient (Wildman–Crippen LogP) is 24.8. The van der Waals surface area contributed by atoms with Gasteiger partial charge >= 0.3 is 39.5 Å². The molecule has 0 aliphatic carbocycles. The lowest BCUT2D eigenvalue weighted by Gasteiger charge is -2.21. The van der Waals surface area contributed by atoms with E-state index in [1.807, 2.05) is 0 Å². The van der Waals surface area contributed by atoms with E-state index in [2.05, 4.69) is 55.4 Å². The monoisotopic (exact) mass is 1490 g/mol. The molecule has 0 aliphatic rings. The molecule has 0 saturated carbocycles. The van der Waals surface area contributed by atoms with Crippen LogP contribution in [0, 0.1) is 23.7 Å². The third kappa shape index (κ3) is 74.9. The Morgan fingerprint density at radius 2 is 0.471 bits per heavy atom. The molecule has 0 aliphatic heterocycles. The Hall–Kier alpha value is -1.94. The van der Waals surface area contributed by atoms with Gasteiger partial charge in [0.1, 0.15) is 19.3 Å². The molecule has 0 fully saturated rings. The van der Waals surface area contributed by atoms with Gasteiger partial charge in [-0.05, 0) is 49.4 Å². The van der Waals surface area contributed by atoms with Gasteiger partial charge in [0.2, 0.25) is 0 Å². The number of hydrogen-bond acceptors (Lipinski definition) is 15. The normalized spacial score (nSPS) is 14.3. The maximum atomic E-state index is 13.1. The minimum atomic E-state index is -4.96. The molecule has 606 valence electrons. The molecule has 17 nitrogen and oxygen atoms in total. The first-order valence-electron chi connectivity index (χ1n) is 42.7. The second kappa shape index (κ2) is 72.0. The molecule has 0 aromatic carbocycles. The van der Waals surface area contributed by atoms with Crippen molar-refractivity contribution in [3.05, 3.63) is 0 Å². The van der Waals surface area contributed by atoms with E-state index in [0.717, 1.165) is 114 Å². The number of rotatable bonds is 80. The van der Waals surface area contributed by atoms with Crippen LogP contribution in [0.15, 0.2) is 0 Å². The highest BCUT2D eigenvalue weighted by Crippen LogP contribution is 2.45. The molecular formula is C83H162O17P2. The van der Waals surface area contributed by atoms with Crippen molar-refractivity contribution in [2.45, 2.75) is 446 Å². The van der Waals surface area contributed by atoms with Crippen LogP contribution in [0.2, 0.25) is 0 Å². The van der Waals surface area contributed by atoms with E-state index in [1.54, 1.807) is 0 Å². The first-order valence-corrected chi connectivity index (χ1v) is 45.7. The summed E-state index contributed by atoms with van der Waals surface area (Å²) in [6, 6.07) is 0. The highest BCUT2D eigenvalue weighted by atomic mass is 31.2. The Balaban J connectivity index is 5.21. The van der Waals surface area contributed by atoms with Crippen molar-refractivity contribution in [3.63, 3.8) is 0 Å². The number of unbranched alkanes of at least 4 members (excludes halogenated alkanes) is 45. The van der Waals surface area contributed by atoms with Gasteiger partial charge in [0.25, 0.3) is 0 Å². The van der Waals surface area contributed by atoms with Crippen LogP contribution in [0.4, 0.5) is 0 Å². The van der Waals surface area contributed by atoms with Gasteiger partial charge in [0, 0.05) is 25.7 Å². The van der Waals surface area contributed by atoms with Crippen LogP contribution >= 0.6 is 15.6 Å². The molecule has 19 heteroatoms. The van der Waals surface area contributed by atoms with Crippen LogP contribution in [0.1, 0.15) is 428 Å². The molecule has 6 atom stereocenters. The number of carbonyl (C=O) groups excluding carboxylic acids is 4. The molecular weight excluding hydrogens is 1330 g/mol. The molecule has 0 heterocycles. The fraction of sp³-hybridized carbons (Fsp3) is 0.952. The molecule has 102 heavy (non-hydrogen) atoms. The SMILES string of the molecule is CCC(C)CCCCCCCCCCCCCCCCCCCCC(=O)O[C@H](COC(=O)CCCCCCCCCCCCCC(C)C)COP(=O)(O)OCC(O)COP(=O)(O)OC[C@@H](COC(=O)CCCCCCCCCC(C)C)OC(=O)CCCCCCCCCCCCCCCC(C)C. The van der Waals surface area contributed by atoms with Gasteiger partial charge in [-0.3, -0.25) is 37.3 Å². The van der Waals surface area contributed by atoms with Crippen molar-refractivity contribution in [2.24, 2.45) is 23.7 Å². The van der Waals surface area contributed by atoms with E-state index in [0.29, 0.717) is 31.6 Å². The number of carbonyl (C=O) groups is 4. The predicted molar refractivity (Wildman–Crippen MR) is 418 cm³/mol. The first-order chi connectivity index (χ1) is 49.1. The zero-order valence-electron chi connectivity index (χ0n) is 67.2. The molecule has 0 aromatic rings. The van der Waals surface area contributed by atoms with Gasteiger partial charge < -0.3 is 33.8 Å². The van der Waals surface area contributed by atoms with Crippen LogP contribution in [0.3, 0.4) is 0 Å². The Morgan fingerprint density at radius 1 is 0.275 bits per heavy atom. The molecule has 4 unspecified atom stereocenters. The van der Waals surface area contributed by atoms with Crippen molar-refractivity contribution in [2.75, 3.05) is 39.6 Å². The van der Waals surface area contributed by atoms with E-state index in [9.17, 15) is 43.2 Å². The zero-order chi connectivity index (χ0) is 75.3. The quantitative estimate of drug-likeness (QED) is 0.0222. The summed E-state index contributed by atoms with van der Waals surface area (Å²) in [5.41, 5.74) is 0. The molecule has 0 radical (unpaired) electrons. The lowest BCUT2D eigenvalue weighted by Crippen LogP contribution is -2.30. The lowest BCUT2D eigenvalue weighted by atomic mass is 9.99. The summed E-state index contributed by atoms with van der Waals surface area (Å²) in [5.74, 6) is 1.02. The highest BCUT2D eigenvalue weighted by Gasteiger charge is 2.30. The zero-order valence-corrected chi connectivity index (χ0v) is 69.0. The number of ether oxygens (including phenoxy) is 4. The van der Waals surface area contributed by atoms with Crippen LogP contribution in [-0.4, -0.2) is 96.7 Å². The van der Waals surface area contributed by atoms with Crippen molar-refractivity contribution in [3.8, 4) is 0 Å². The van der Waals surface area contributed by atoms with Gasteiger partial charge in [-0.2, -0.15) is 0 Å². The number of aliphatic hydroxyl groups is 1. The Kier molecular flexibility index (Phi) is 70.6. The average Bonchev–Trinajstić information content (AvgIpc) is 0.991. The van der Waals surface area contributed by atoms with E-state index >= 15 is 0 Å². The summed E-state index contributed by atoms with van der Waals surface area (Å²) < 4.78 is 68.8. The van der Waals surface area contributed by atoms with Crippen molar-refractivity contribution < 1.29 is 80.2 Å². The fourth-order valence-corrected chi connectivity index (χ4v) is 14.3. The summed E-state index contributed by atoms with van der Waals surface area (Å²) in [7, 11) is -9.92. The summed E-state index contributed by atoms with van der Waals surface area (Å²) in [6.07, 6.45) is 59.7. The molecule has 0 bridgehead atoms. The van der Waals surface area contributed by atoms with E-state index in [4.69, 9.17) is 37.0 Å². The summed E-state index contributed by atoms with van der Waals surface area (Å²) in [5, 5.41) is 10.7.